The summed E-state index contributed by atoms with van der Waals surface area (Å²) in [6, 6.07) is 6.15. The summed E-state index contributed by atoms with van der Waals surface area (Å²) in [6.07, 6.45) is 7.09. The third-order valence-corrected chi connectivity index (χ3v) is 7.24. The van der Waals surface area contributed by atoms with Gasteiger partial charge in [-0.1, -0.05) is 12.1 Å². The number of halogens is 1. The number of amides is 3. The van der Waals surface area contributed by atoms with Gasteiger partial charge in [0.2, 0.25) is 0 Å². The summed E-state index contributed by atoms with van der Waals surface area (Å²) in [5.41, 5.74) is 2.29. The predicted octanol–water partition coefficient (Wildman–Crippen LogP) is 3.90. The number of carbonyl (C=O) groups is 2. The van der Waals surface area contributed by atoms with Crippen molar-refractivity contribution in [2.75, 3.05) is 5.32 Å². The van der Waals surface area contributed by atoms with Crippen LogP contribution in [0, 0.1) is 19.7 Å². The average molecular weight is 543 g/mol. The summed E-state index contributed by atoms with van der Waals surface area (Å²) in [5, 5.41) is 17.1. The van der Waals surface area contributed by atoms with Crippen molar-refractivity contribution in [3.05, 3.63) is 77.5 Å². The van der Waals surface area contributed by atoms with Crippen LogP contribution in [0.1, 0.15) is 55.0 Å². The smallest absolute Gasteiger partial charge is 0.323 e. The van der Waals surface area contributed by atoms with Gasteiger partial charge in [0.05, 0.1) is 18.4 Å². The maximum atomic E-state index is 13.6. The van der Waals surface area contributed by atoms with Gasteiger partial charge in [0.15, 0.2) is 23.3 Å². The second kappa shape index (κ2) is 9.67. The van der Waals surface area contributed by atoms with E-state index in [0.29, 0.717) is 48.1 Å². The van der Waals surface area contributed by atoms with Crippen molar-refractivity contribution in [3.63, 3.8) is 0 Å². The lowest BCUT2D eigenvalue weighted by molar-refractivity contribution is -0.133. The highest BCUT2D eigenvalue weighted by Crippen LogP contribution is 2.38. The molecule has 3 amide bonds. The van der Waals surface area contributed by atoms with Gasteiger partial charge in [-0.25, -0.2) is 28.8 Å². The van der Waals surface area contributed by atoms with E-state index in [0.717, 1.165) is 23.2 Å². The Labute approximate surface area is 228 Å². The number of imide groups is 1. The number of carbonyl (C=O) groups excluding carboxylic acids is 2. The van der Waals surface area contributed by atoms with Crippen molar-refractivity contribution < 1.29 is 14.0 Å². The highest BCUT2D eigenvalue weighted by Gasteiger charge is 2.53. The van der Waals surface area contributed by atoms with Crippen LogP contribution >= 0.6 is 0 Å². The number of aromatic nitrogens is 7. The number of urea groups is 1. The molecule has 4 aromatic rings. The Bertz CT molecular complexity index is 1640. The topological polar surface area (TPSA) is 147 Å². The molecule has 0 aromatic carbocycles. The number of aromatic amines is 1. The minimum absolute atomic E-state index is 0.278. The van der Waals surface area contributed by atoms with E-state index in [-0.39, 0.29) is 5.91 Å². The lowest BCUT2D eigenvalue weighted by Gasteiger charge is -2.30. The highest BCUT2D eigenvalue weighted by molar-refractivity contribution is 6.07. The van der Waals surface area contributed by atoms with Crippen molar-refractivity contribution in [3.8, 4) is 5.82 Å². The lowest BCUT2D eigenvalue weighted by atomic mass is 9.82. The van der Waals surface area contributed by atoms with E-state index in [2.05, 4.69) is 40.9 Å². The second-order valence-corrected chi connectivity index (χ2v) is 10.1. The van der Waals surface area contributed by atoms with Gasteiger partial charge in [0, 0.05) is 29.7 Å². The second-order valence-electron chi connectivity index (χ2n) is 10.1. The quantitative estimate of drug-likeness (QED) is 0.311. The van der Waals surface area contributed by atoms with Crippen LogP contribution in [0.4, 0.5) is 20.8 Å². The van der Waals surface area contributed by atoms with Gasteiger partial charge in [-0.05, 0) is 57.2 Å². The first-order valence-electron chi connectivity index (χ1n) is 12.9. The predicted molar refractivity (Wildman–Crippen MR) is 143 cm³/mol. The molecule has 2 atom stereocenters. The maximum Gasteiger partial charge on any atom is 0.325 e. The zero-order chi connectivity index (χ0) is 28.0. The third kappa shape index (κ3) is 4.59. The number of H-pyrrole nitrogens is 1. The number of anilines is 2. The van der Waals surface area contributed by atoms with Crippen LogP contribution in [0.25, 0.3) is 11.4 Å². The Hall–Kier alpha value is -4.94. The summed E-state index contributed by atoms with van der Waals surface area (Å²) in [6.45, 7) is 5.59. The summed E-state index contributed by atoms with van der Waals surface area (Å²) in [5.74, 6) is 1.54. The summed E-state index contributed by atoms with van der Waals surface area (Å²) in [4.78, 5) is 41.5. The van der Waals surface area contributed by atoms with Gasteiger partial charge in [-0.2, -0.15) is 10.2 Å². The Kier molecular flexibility index (Phi) is 6.12. The molecule has 1 aliphatic carbocycles. The molecule has 0 bridgehead atoms. The number of hydrogen-bond acceptors (Lipinski definition) is 8. The van der Waals surface area contributed by atoms with Crippen molar-refractivity contribution in [2.24, 2.45) is 0 Å². The van der Waals surface area contributed by atoms with Crippen LogP contribution in [-0.2, 0) is 4.79 Å². The molecule has 1 aliphatic heterocycles. The van der Waals surface area contributed by atoms with E-state index < -0.39 is 23.4 Å². The zero-order valence-corrected chi connectivity index (χ0v) is 22.1. The number of rotatable bonds is 6. The van der Waals surface area contributed by atoms with Gasteiger partial charge in [0.25, 0.3) is 5.91 Å². The minimum atomic E-state index is -1.02. The van der Waals surface area contributed by atoms with Crippen LogP contribution in [0.5, 0.6) is 0 Å². The Morgan fingerprint density at radius 2 is 1.98 bits per heavy atom. The molecule has 13 heteroatoms. The maximum absolute atomic E-state index is 13.6. The molecule has 204 valence electrons. The first-order chi connectivity index (χ1) is 19.2. The summed E-state index contributed by atoms with van der Waals surface area (Å²) < 4.78 is 14.6. The summed E-state index contributed by atoms with van der Waals surface area (Å²) >= 11 is 0. The number of pyridine rings is 1. The third-order valence-electron chi connectivity index (χ3n) is 7.24. The van der Waals surface area contributed by atoms with E-state index in [4.69, 9.17) is 0 Å². The molecule has 6 rings (SSSR count). The number of aryl methyl sites for hydroxylation is 2. The van der Waals surface area contributed by atoms with E-state index in [1.54, 1.807) is 25.3 Å². The molecule has 4 aromatic heterocycles. The van der Waals surface area contributed by atoms with Crippen LogP contribution < -0.4 is 10.6 Å². The average Bonchev–Trinajstić information content (AvgIpc) is 3.61. The van der Waals surface area contributed by atoms with Gasteiger partial charge in [0.1, 0.15) is 11.4 Å². The fraction of sp³-hybridized carbons (Fsp3) is 0.296. The largest absolute Gasteiger partial charge is 0.325 e. The standard InChI is InChI=1S/C27H27FN10O2/c1-15-10-21(32-22-11-16(2)35-36-22)33-24(31-15)18-6-8-27(9-7-18)25(39)38(26(40)34-27)17(3)19-4-5-23(29-12-19)37-14-20(28)13-30-37/h4-6,10-14,17H,7-9H2,1-3H3,(H,34,40)(H2,31,32,33,35,36)/t17-,27+/m0/s1. The monoisotopic (exact) mass is 542 g/mol. The molecule has 0 saturated carbocycles. The lowest BCUT2D eigenvalue weighted by Crippen LogP contribution is -2.48. The summed E-state index contributed by atoms with van der Waals surface area (Å²) in [7, 11) is 0. The number of nitrogens with zero attached hydrogens (tertiary/aromatic N) is 7. The molecule has 12 nitrogen and oxygen atoms in total. The molecule has 1 saturated heterocycles. The molecule has 1 spiro atoms. The van der Waals surface area contributed by atoms with Crippen molar-refractivity contribution in [1.82, 2.24) is 45.1 Å². The van der Waals surface area contributed by atoms with Crippen molar-refractivity contribution >= 4 is 29.1 Å². The first kappa shape index (κ1) is 25.3. The SMILES string of the molecule is Cc1cc(Nc2cc(C)[nH]n2)nc(C2=CC[C@]3(CC2)NC(=O)N([C@@H](C)c2ccc(-n4cc(F)cn4)nc2)C3=O)n1. The molecular weight excluding hydrogens is 515 g/mol. The Morgan fingerprint density at radius 3 is 2.62 bits per heavy atom. The van der Waals surface area contributed by atoms with Crippen LogP contribution in [0.3, 0.4) is 0 Å². The number of hydrogen-bond donors (Lipinski definition) is 3. The van der Waals surface area contributed by atoms with Crippen LogP contribution in [-0.4, -0.2) is 57.3 Å². The van der Waals surface area contributed by atoms with Gasteiger partial charge in [-0.15, -0.1) is 0 Å². The van der Waals surface area contributed by atoms with E-state index in [9.17, 15) is 14.0 Å². The molecule has 5 heterocycles. The van der Waals surface area contributed by atoms with Crippen molar-refractivity contribution in [1.29, 1.82) is 0 Å². The zero-order valence-electron chi connectivity index (χ0n) is 22.1. The van der Waals surface area contributed by atoms with E-state index >= 15 is 0 Å². The Balaban J connectivity index is 1.18. The molecular formula is C27H27FN10O2. The van der Waals surface area contributed by atoms with Crippen LogP contribution in [0.2, 0.25) is 0 Å². The number of nitrogens with one attached hydrogen (secondary N) is 3. The van der Waals surface area contributed by atoms with E-state index in [1.165, 1.54) is 15.8 Å². The minimum Gasteiger partial charge on any atom is -0.323 e. The number of allylic oxidation sites excluding steroid dienone is 1. The fourth-order valence-corrected chi connectivity index (χ4v) is 5.10. The van der Waals surface area contributed by atoms with Gasteiger partial charge < -0.3 is 10.6 Å². The Morgan fingerprint density at radius 1 is 1.12 bits per heavy atom. The molecule has 3 N–H and O–H groups in total. The fourth-order valence-electron chi connectivity index (χ4n) is 5.10. The van der Waals surface area contributed by atoms with Gasteiger partial charge in [-0.3, -0.25) is 14.8 Å². The highest BCUT2D eigenvalue weighted by atomic mass is 19.1. The van der Waals surface area contributed by atoms with Gasteiger partial charge >= 0.3 is 6.03 Å². The van der Waals surface area contributed by atoms with Crippen molar-refractivity contribution in [2.45, 2.75) is 51.6 Å². The van der Waals surface area contributed by atoms with Crippen LogP contribution in [0.15, 0.2) is 48.9 Å². The molecule has 1 fully saturated rings. The first-order valence-corrected chi connectivity index (χ1v) is 12.9. The normalized spacial score (nSPS) is 19.6. The molecule has 2 aliphatic rings. The molecule has 0 unspecified atom stereocenters. The van der Waals surface area contributed by atoms with E-state index in [1.807, 2.05) is 32.1 Å². The molecule has 0 radical (unpaired) electrons. The molecule has 40 heavy (non-hydrogen) atoms.